The quantitative estimate of drug-likeness (QED) is 0.881. The van der Waals surface area contributed by atoms with E-state index in [1.807, 2.05) is 11.3 Å². The number of hydrogen-bond donors (Lipinski definition) is 1. The van der Waals surface area contributed by atoms with Gasteiger partial charge in [0.15, 0.2) is 0 Å². The molecule has 1 heterocycles. The van der Waals surface area contributed by atoms with Gasteiger partial charge in [-0.25, -0.2) is 4.98 Å². The molecular weight excluding hydrogens is 240 g/mol. The summed E-state index contributed by atoms with van der Waals surface area (Å²) < 4.78 is 0. The van der Waals surface area contributed by atoms with Crippen molar-refractivity contribution >= 4 is 11.3 Å². The van der Waals surface area contributed by atoms with E-state index in [-0.39, 0.29) is 0 Å². The highest BCUT2D eigenvalue weighted by molar-refractivity contribution is 7.09. The summed E-state index contributed by atoms with van der Waals surface area (Å²) in [5, 5.41) is 6.98. The zero-order valence-electron chi connectivity index (χ0n) is 11.5. The van der Waals surface area contributed by atoms with Crippen LogP contribution in [0, 0.1) is 24.7 Å². The van der Waals surface area contributed by atoms with Crippen LogP contribution in [0.3, 0.4) is 0 Å². The van der Waals surface area contributed by atoms with Crippen molar-refractivity contribution in [1.29, 1.82) is 0 Å². The lowest BCUT2D eigenvalue weighted by Crippen LogP contribution is -2.31. The van der Waals surface area contributed by atoms with E-state index >= 15 is 0 Å². The first kappa shape index (κ1) is 12.6. The van der Waals surface area contributed by atoms with Crippen molar-refractivity contribution in [3.05, 3.63) is 16.1 Å². The van der Waals surface area contributed by atoms with Crippen molar-refractivity contribution in [1.82, 2.24) is 10.3 Å². The van der Waals surface area contributed by atoms with Crippen molar-refractivity contribution in [2.24, 2.45) is 17.8 Å². The second-order valence-electron chi connectivity index (χ2n) is 6.24. The average Bonchev–Trinajstić information content (AvgIpc) is 3.05. The largest absolute Gasteiger partial charge is 0.317 e. The van der Waals surface area contributed by atoms with Gasteiger partial charge in [-0.3, -0.25) is 0 Å². The summed E-state index contributed by atoms with van der Waals surface area (Å²) in [5.41, 5.74) is 1.17. The molecule has 0 saturated heterocycles. The molecule has 100 valence electrons. The number of nitrogens with zero attached hydrogens (tertiary/aromatic N) is 1. The minimum absolute atomic E-state index is 0.625. The molecule has 0 spiro atoms. The smallest absolute Gasteiger partial charge is 0.0943 e. The second-order valence-corrected chi connectivity index (χ2v) is 7.19. The molecule has 2 bridgehead atoms. The van der Waals surface area contributed by atoms with Gasteiger partial charge in [0.2, 0.25) is 0 Å². The van der Waals surface area contributed by atoms with Gasteiger partial charge in [0, 0.05) is 23.5 Å². The van der Waals surface area contributed by atoms with E-state index < -0.39 is 0 Å². The summed E-state index contributed by atoms with van der Waals surface area (Å²) in [7, 11) is 2.11. The topological polar surface area (TPSA) is 24.9 Å². The Hall–Kier alpha value is -0.410. The molecule has 4 unspecified atom stereocenters. The molecule has 3 rings (SSSR count). The average molecular weight is 264 g/mol. The summed E-state index contributed by atoms with van der Waals surface area (Å²) in [6, 6.07) is 0.625. The number of aryl methyl sites for hydroxylation is 1. The van der Waals surface area contributed by atoms with E-state index in [0.717, 1.165) is 24.2 Å². The maximum Gasteiger partial charge on any atom is 0.0943 e. The molecule has 1 aromatic rings. The molecule has 0 radical (unpaired) electrons. The Morgan fingerprint density at radius 1 is 1.44 bits per heavy atom. The predicted molar refractivity (Wildman–Crippen MR) is 77.0 cm³/mol. The zero-order chi connectivity index (χ0) is 12.5. The highest BCUT2D eigenvalue weighted by atomic mass is 32.1. The minimum Gasteiger partial charge on any atom is -0.317 e. The van der Waals surface area contributed by atoms with Gasteiger partial charge in [-0.2, -0.15) is 0 Å². The molecule has 2 aliphatic carbocycles. The van der Waals surface area contributed by atoms with Crippen molar-refractivity contribution in [3.8, 4) is 0 Å². The molecule has 1 aromatic heterocycles. The molecule has 0 aliphatic heterocycles. The Bertz CT molecular complexity index is 401. The maximum atomic E-state index is 4.60. The predicted octanol–water partition coefficient (Wildman–Crippen LogP) is 3.41. The Labute approximate surface area is 114 Å². The zero-order valence-corrected chi connectivity index (χ0v) is 12.3. The first-order valence-electron chi connectivity index (χ1n) is 7.33. The van der Waals surface area contributed by atoms with Crippen LogP contribution in [-0.4, -0.2) is 18.1 Å². The van der Waals surface area contributed by atoms with Crippen LogP contribution in [0.5, 0.6) is 0 Å². The van der Waals surface area contributed by atoms with Crippen LogP contribution >= 0.6 is 11.3 Å². The van der Waals surface area contributed by atoms with Gasteiger partial charge in [-0.15, -0.1) is 11.3 Å². The maximum absolute atomic E-state index is 4.60. The number of aromatic nitrogens is 1. The van der Waals surface area contributed by atoms with Crippen LogP contribution in [0.4, 0.5) is 0 Å². The van der Waals surface area contributed by atoms with Crippen LogP contribution in [0.25, 0.3) is 0 Å². The third kappa shape index (κ3) is 2.62. The van der Waals surface area contributed by atoms with Gasteiger partial charge >= 0.3 is 0 Å². The fourth-order valence-electron chi connectivity index (χ4n) is 4.04. The summed E-state index contributed by atoms with van der Waals surface area (Å²) in [4.78, 5) is 4.60. The first-order valence-corrected chi connectivity index (χ1v) is 8.21. The molecule has 0 amide bonds. The molecular formula is C15H24N2S. The Kier molecular flexibility index (Phi) is 3.71. The molecule has 0 aromatic carbocycles. The number of thiazole rings is 1. The molecule has 4 atom stereocenters. The van der Waals surface area contributed by atoms with Gasteiger partial charge in [-0.1, -0.05) is 6.42 Å². The molecule has 1 N–H and O–H groups in total. The molecule has 2 nitrogen and oxygen atoms in total. The molecule has 3 heteroatoms. The lowest BCUT2D eigenvalue weighted by molar-refractivity contribution is 0.281. The number of nitrogens with one attached hydrogen (secondary N) is 1. The van der Waals surface area contributed by atoms with Crippen LogP contribution in [0.1, 0.15) is 42.8 Å². The van der Waals surface area contributed by atoms with E-state index in [2.05, 4.69) is 29.7 Å². The highest BCUT2D eigenvalue weighted by Crippen LogP contribution is 2.49. The van der Waals surface area contributed by atoms with Crippen LogP contribution in [0.15, 0.2) is 5.38 Å². The fraction of sp³-hybridized carbons (Fsp3) is 0.800. The third-order valence-electron chi connectivity index (χ3n) is 4.97. The van der Waals surface area contributed by atoms with Gasteiger partial charge in [-0.05, 0) is 57.4 Å². The van der Waals surface area contributed by atoms with Crippen molar-refractivity contribution in [2.75, 3.05) is 7.05 Å². The van der Waals surface area contributed by atoms with Crippen molar-refractivity contribution in [2.45, 2.75) is 51.5 Å². The Morgan fingerprint density at radius 3 is 2.89 bits per heavy atom. The van der Waals surface area contributed by atoms with E-state index in [1.54, 1.807) is 0 Å². The monoisotopic (exact) mass is 264 g/mol. The number of fused-ring (bicyclic) bond motifs is 2. The fourth-order valence-corrected chi connectivity index (χ4v) is 4.89. The van der Waals surface area contributed by atoms with E-state index in [4.69, 9.17) is 0 Å². The second kappa shape index (κ2) is 5.30. The summed E-state index contributed by atoms with van der Waals surface area (Å²) >= 11 is 1.82. The third-order valence-corrected chi connectivity index (χ3v) is 5.96. The highest BCUT2D eigenvalue weighted by Gasteiger charge is 2.39. The van der Waals surface area contributed by atoms with Gasteiger partial charge in [0.1, 0.15) is 0 Å². The van der Waals surface area contributed by atoms with E-state index in [9.17, 15) is 0 Å². The Morgan fingerprint density at radius 2 is 2.33 bits per heavy atom. The molecule has 2 aliphatic rings. The van der Waals surface area contributed by atoms with Crippen molar-refractivity contribution in [3.63, 3.8) is 0 Å². The molecule has 2 saturated carbocycles. The normalized spacial score (nSPS) is 32.0. The molecule has 2 fully saturated rings. The summed E-state index contributed by atoms with van der Waals surface area (Å²) in [6.07, 6.45) is 8.51. The number of hydrogen-bond acceptors (Lipinski definition) is 3. The van der Waals surface area contributed by atoms with E-state index in [1.165, 1.54) is 42.8 Å². The van der Waals surface area contributed by atoms with Crippen LogP contribution < -0.4 is 5.32 Å². The van der Waals surface area contributed by atoms with Gasteiger partial charge in [0.05, 0.1) is 5.01 Å². The minimum atomic E-state index is 0.625. The number of rotatable bonds is 5. The summed E-state index contributed by atoms with van der Waals surface area (Å²) in [6.45, 7) is 2.09. The lowest BCUT2D eigenvalue weighted by Gasteiger charge is -2.26. The van der Waals surface area contributed by atoms with Gasteiger partial charge in [0.25, 0.3) is 0 Å². The van der Waals surface area contributed by atoms with Crippen LogP contribution in [-0.2, 0) is 6.42 Å². The van der Waals surface area contributed by atoms with Gasteiger partial charge < -0.3 is 5.32 Å². The first-order chi connectivity index (χ1) is 8.74. The van der Waals surface area contributed by atoms with Crippen LogP contribution in [0.2, 0.25) is 0 Å². The summed E-state index contributed by atoms with van der Waals surface area (Å²) in [5.74, 6) is 3.10. The standard InChI is InChI=1S/C15H24N2S/c1-10-9-18-15(17-10)8-14(16-2)7-13-6-11-3-4-12(13)5-11/h9,11-14,16H,3-8H2,1-2H3. The lowest BCUT2D eigenvalue weighted by atomic mass is 9.83. The van der Waals surface area contributed by atoms with E-state index in [0.29, 0.717) is 6.04 Å². The van der Waals surface area contributed by atoms with Crippen molar-refractivity contribution < 1.29 is 0 Å². The molecule has 18 heavy (non-hydrogen) atoms. The number of likely N-dealkylation sites (N-methyl/N-ethyl adjacent to an activating group) is 1. The SMILES string of the molecule is CNC(Cc1nc(C)cs1)CC1CC2CCC1C2. The Balaban J connectivity index is 1.56.